The van der Waals surface area contributed by atoms with Crippen LogP contribution >= 0.6 is 0 Å². The fourth-order valence-electron chi connectivity index (χ4n) is 2.40. The third-order valence-electron chi connectivity index (χ3n) is 3.08. The topological polar surface area (TPSA) is 3.24 Å². The largest absolute Gasteiger partial charge is 0.303 e. The first kappa shape index (κ1) is 7.18. The number of nitrogens with zero attached hydrogens (tertiary/aromatic N) is 1. The summed E-state index contributed by atoms with van der Waals surface area (Å²) in [7, 11) is 0. The van der Waals surface area contributed by atoms with E-state index in [9.17, 15) is 0 Å². The molecular formula is C10H15N. The Labute approximate surface area is 68.8 Å². The summed E-state index contributed by atoms with van der Waals surface area (Å²) in [5.41, 5.74) is 0. The molecule has 0 N–H and O–H groups in total. The molecule has 0 amide bonds. The van der Waals surface area contributed by atoms with Gasteiger partial charge in [0.1, 0.15) is 0 Å². The lowest BCUT2D eigenvalue weighted by atomic mass is 9.80. The van der Waals surface area contributed by atoms with E-state index in [1.165, 1.54) is 38.9 Å². The molecule has 1 heteroatoms. The van der Waals surface area contributed by atoms with Crippen molar-refractivity contribution in [3.63, 3.8) is 0 Å². The molecule has 60 valence electrons. The Hall–Kier alpha value is -0.480. The van der Waals surface area contributed by atoms with Gasteiger partial charge in [-0.05, 0) is 38.3 Å². The van der Waals surface area contributed by atoms with Gasteiger partial charge in [0.2, 0.25) is 0 Å². The van der Waals surface area contributed by atoms with E-state index in [1.807, 2.05) is 0 Å². The number of fused-ring (bicyclic) bond motifs is 2. The van der Waals surface area contributed by atoms with Crippen LogP contribution in [-0.2, 0) is 0 Å². The van der Waals surface area contributed by atoms with Crippen molar-refractivity contribution in [1.29, 1.82) is 0 Å². The van der Waals surface area contributed by atoms with Crippen molar-refractivity contribution in [3.05, 3.63) is 0 Å². The highest BCUT2D eigenvalue weighted by molar-refractivity contribution is 5.00. The first-order valence-corrected chi connectivity index (χ1v) is 4.58. The predicted molar refractivity (Wildman–Crippen MR) is 46.1 cm³/mol. The van der Waals surface area contributed by atoms with Crippen LogP contribution in [0.4, 0.5) is 0 Å². The van der Waals surface area contributed by atoms with Crippen LogP contribution in [0, 0.1) is 24.2 Å². The van der Waals surface area contributed by atoms with E-state index in [4.69, 9.17) is 6.42 Å². The van der Waals surface area contributed by atoms with Gasteiger partial charge in [-0.2, -0.15) is 0 Å². The summed E-state index contributed by atoms with van der Waals surface area (Å²) in [6.07, 6.45) is 9.44. The summed E-state index contributed by atoms with van der Waals surface area (Å²) >= 11 is 0. The molecular weight excluding hydrogens is 134 g/mol. The van der Waals surface area contributed by atoms with E-state index in [0.29, 0.717) is 5.92 Å². The number of terminal acetylenes is 1. The standard InChI is InChI=1S/C10H15N/c1-2-9-5-7-11-6-3-4-10(9)8-11/h1,9-10H,3-8H2. The quantitative estimate of drug-likeness (QED) is 0.470. The molecule has 2 fully saturated rings. The molecule has 1 nitrogen and oxygen atoms in total. The molecule has 2 rings (SSSR count). The highest BCUT2D eigenvalue weighted by Crippen LogP contribution is 2.30. The summed E-state index contributed by atoms with van der Waals surface area (Å²) in [6, 6.07) is 0. The molecule has 2 aliphatic heterocycles. The van der Waals surface area contributed by atoms with E-state index in [1.54, 1.807) is 0 Å². The van der Waals surface area contributed by atoms with E-state index < -0.39 is 0 Å². The van der Waals surface area contributed by atoms with Crippen LogP contribution in [0.1, 0.15) is 19.3 Å². The van der Waals surface area contributed by atoms with Gasteiger partial charge in [-0.25, -0.2) is 0 Å². The zero-order valence-corrected chi connectivity index (χ0v) is 6.92. The first-order chi connectivity index (χ1) is 5.40. The van der Waals surface area contributed by atoms with Crippen molar-refractivity contribution in [2.24, 2.45) is 11.8 Å². The van der Waals surface area contributed by atoms with Crippen LogP contribution in [0.5, 0.6) is 0 Å². The minimum Gasteiger partial charge on any atom is -0.303 e. The van der Waals surface area contributed by atoms with Crippen LogP contribution in [0.25, 0.3) is 0 Å². The Morgan fingerprint density at radius 2 is 2.18 bits per heavy atom. The lowest BCUT2D eigenvalue weighted by molar-refractivity contribution is 0.0973. The summed E-state index contributed by atoms with van der Waals surface area (Å²) in [6.45, 7) is 3.83. The molecule has 3 unspecified atom stereocenters. The second-order valence-corrected chi connectivity index (χ2v) is 3.76. The first-order valence-electron chi connectivity index (χ1n) is 4.58. The maximum Gasteiger partial charge on any atom is 0.0252 e. The molecule has 2 bridgehead atoms. The molecule has 11 heavy (non-hydrogen) atoms. The number of piperidine rings is 2. The molecule has 0 radical (unpaired) electrons. The van der Waals surface area contributed by atoms with E-state index in [2.05, 4.69) is 10.8 Å². The highest BCUT2D eigenvalue weighted by atomic mass is 15.1. The van der Waals surface area contributed by atoms with Crippen molar-refractivity contribution in [3.8, 4) is 12.3 Å². The number of hydrogen-bond donors (Lipinski definition) is 0. The number of rotatable bonds is 0. The monoisotopic (exact) mass is 149 g/mol. The Balaban J connectivity index is 2.04. The van der Waals surface area contributed by atoms with Crippen molar-refractivity contribution >= 4 is 0 Å². The van der Waals surface area contributed by atoms with Gasteiger partial charge in [-0.3, -0.25) is 0 Å². The summed E-state index contributed by atoms with van der Waals surface area (Å²) in [5, 5.41) is 0. The van der Waals surface area contributed by atoms with Crippen LogP contribution in [0.15, 0.2) is 0 Å². The second-order valence-electron chi connectivity index (χ2n) is 3.76. The fraction of sp³-hybridized carbons (Fsp3) is 0.800. The van der Waals surface area contributed by atoms with Crippen LogP contribution in [-0.4, -0.2) is 24.5 Å². The van der Waals surface area contributed by atoms with E-state index in [0.717, 1.165) is 5.92 Å². The molecule has 3 atom stereocenters. The van der Waals surface area contributed by atoms with Crippen LogP contribution < -0.4 is 0 Å². The fourth-order valence-corrected chi connectivity index (χ4v) is 2.40. The van der Waals surface area contributed by atoms with Crippen molar-refractivity contribution < 1.29 is 0 Å². The maximum absolute atomic E-state index is 5.47. The van der Waals surface area contributed by atoms with Gasteiger partial charge >= 0.3 is 0 Å². The van der Waals surface area contributed by atoms with Crippen molar-refractivity contribution in [1.82, 2.24) is 4.90 Å². The Morgan fingerprint density at radius 1 is 1.27 bits per heavy atom. The molecule has 0 saturated carbocycles. The molecule has 2 saturated heterocycles. The minimum atomic E-state index is 0.589. The Bertz CT molecular complexity index is 180. The third-order valence-corrected chi connectivity index (χ3v) is 3.08. The van der Waals surface area contributed by atoms with Gasteiger partial charge in [0.25, 0.3) is 0 Å². The summed E-state index contributed by atoms with van der Waals surface area (Å²) < 4.78 is 0. The average Bonchev–Trinajstić information content (AvgIpc) is 2.06. The molecule has 0 aromatic carbocycles. The smallest absolute Gasteiger partial charge is 0.0252 e. The van der Waals surface area contributed by atoms with Gasteiger partial charge in [-0.1, -0.05) is 0 Å². The van der Waals surface area contributed by atoms with Gasteiger partial charge in [0.15, 0.2) is 0 Å². The molecule has 0 aromatic rings. The molecule has 0 spiro atoms. The highest BCUT2D eigenvalue weighted by Gasteiger charge is 2.30. The zero-order valence-electron chi connectivity index (χ0n) is 6.92. The maximum atomic E-state index is 5.47. The Morgan fingerprint density at radius 3 is 3.00 bits per heavy atom. The van der Waals surface area contributed by atoms with Gasteiger partial charge in [-0.15, -0.1) is 12.3 Å². The van der Waals surface area contributed by atoms with Crippen LogP contribution in [0.3, 0.4) is 0 Å². The molecule has 0 aromatic heterocycles. The van der Waals surface area contributed by atoms with Gasteiger partial charge in [0, 0.05) is 12.5 Å². The van der Waals surface area contributed by atoms with Gasteiger partial charge < -0.3 is 4.90 Å². The predicted octanol–water partition coefficient (Wildman–Crippen LogP) is 1.35. The van der Waals surface area contributed by atoms with Gasteiger partial charge in [0.05, 0.1) is 0 Å². The molecule has 0 aliphatic carbocycles. The van der Waals surface area contributed by atoms with Crippen molar-refractivity contribution in [2.45, 2.75) is 19.3 Å². The number of hydrogen-bond acceptors (Lipinski definition) is 1. The lowest BCUT2D eigenvalue weighted by Crippen LogP contribution is -2.44. The Kier molecular flexibility index (Phi) is 1.87. The van der Waals surface area contributed by atoms with E-state index >= 15 is 0 Å². The summed E-state index contributed by atoms with van der Waals surface area (Å²) in [4.78, 5) is 2.56. The van der Waals surface area contributed by atoms with E-state index in [-0.39, 0.29) is 0 Å². The van der Waals surface area contributed by atoms with Crippen molar-refractivity contribution in [2.75, 3.05) is 19.6 Å². The van der Waals surface area contributed by atoms with Crippen LogP contribution in [0.2, 0.25) is 0 Å². The zero-order chi connectivity index (χ0) is 7.68. The second kappa shape index (κ2) is 2.87. The molecule has 2 aliphatic rings. The normalized spacial score (nSPS) is 43.0. The SMILES string of the molecule is C#CC1CCN2CCCC1C2. The average molecular weight is 149 g/mol. The summed E-state index contributed by atoms with van der Waals surface area (Å²) in [5.74, 6) is 4.34. The molecule has 2 heterocycles. The minimum absolute atomic E-state index is 0.589. The lowest BCUT2D eigenvalue weighted by Gasteiger charge is -2.40. The third kappa shape index (κ3) is 1.28.